The molecule has 2 aromatic heterocycles. The monoisotopic (exact) mass is 397 g/mol. The largest absolute Gasteiger partial charge is 0.494 e. The summed E-state index contributed by atoms with van der Waals surface area (Å²) in [5, 5.41) is 7.60. The molecule has 2 aromatic carbocycles. The van der Waals surface area contributed by atoms with Crippen molar-refractivity contribution in [3.05, 3.63) is 71.0 Å². The number of halogens is 1. The summed E-state index contributed by atoms with van der Waals surface area (Å²) in [6.07, 6.45) is 2.07. The van der Waals surface area contributed by atoms with Crippen molar-refractivity contribution in [3.8, 4) is 11.7 Å². The predicted molar refractivity (Wildman–Crippen MR) is 105 cm³/mol. The van der Waals surface area contributed by atoms with Crippen molar-refractivity contribution in [1.82, 2.24) is 24.7 Å². The lowest BCUT2D eigenvalue weighted by Gasteiger charge is -2.10. The topological polar surface area (TPSA) is 85.7 Å². The van der Waals surface area contributed by atoms with Gasteiger partial charge in [-0.2, -0.15) is 10.1 Å². The first kappa shape index (κ1) is 18.2. The maximum atomic E-state index is 12.9. The summed E-state index contributed by atoms with van der Waals surface area (Å²) in [6.45, 7) is 0.471. The van der Waals surface area contributed by atoms with Crippen LogP contribution in [0.3, 0.4) is 0 Å². The summed E-state index contributed by atoms with van der Waals surface area (Å²) in [7, 11) is 0. The first-order valence-electron chi connectivity index (χ1n) is 8.61. The SMILES string of the molecule is O=c1c2ccccc2nc(SCCCOc2ccc(F)cc2)n1-c1ncn[nH]1. The number of ether oxygens (including phenoxy) is 1. The van der Waals surface area contributed by atoms with Crippen LogP contribution in [0.15, 0.2) is 64.8 Å². The molecule has 2 heterocycles. The molecule has 28 heavy (non-hydrogen) atoms. The number of nitrogens with zero attached hydrogens (tertiary/aromatic N) is 4. The molecule has 9 heteroatoms. The van der Waals surface area contributed by atoms with Gasteiger partial charge in [-0.15, -0.1) is 0 Å². The van der Waals surface area contributed by atoms with Crippen LogP contribution >= 0.6 is 11.8 Å². The zero-order valence-corrected chi connectivity index (χ0v) is 15.5. The zero-order chi connectivity index (χ0) is 19.3. The van der Waals surface area contributed by atoms with Gasteiger partial charge in [-0.1, -0.05) is 23.9 Å². The van der Waals surface area contributed by atoms with Gasteiger partial charge < -0.3 is 4.74 Å². The van der Waals surface area contributed by atoms with Crippen molar-refractivity contribution >= 4 is 22.7 Å². The quantitative estimate of drug-likeness (QED) is 0.293. The third-order valence-corrected chi connectivity index (χ3v) is 4.99. The van der Waals surface area contributed by atoms with E-state index >= 15 is 0 Å². The summed E-state index contributed by atoms with van der Waals surface area (Å²) >= 11 is 1.44. The number of hydrogen-bond donors (Lipinski definition) is 1. The van der Waals surface area contributed by atoms with Crippen molar-refractivity contribution in [3.63, 3.8) is 0 Å². The van der Waals surface area contributed by atoms with E-state index in [1.54, 1.807) is 24.3 Å². The highest BCUT2D eigenvalue weighted by Gasteiger charge is 2.14. The van der Waals surface area contributed by atoms with Crippen molar-refractivity contribution < 1.29 is 9.13 Å². The lowest BCUT2D eigenvalue weighted by molar-refractivity contribution is 0.318. The maximum Gasteiger partial charge on any atom is 0.269 e. The number of hydrogen-bond acceptors (Lipinski definition) is 6. The van der Waals surface area contributed by atoms with Gasteiger partial charge in [0.1, 0.15) is 17.9 Å². The van der Waals surface area contributed by atoms with Crippen LogP contribution in [0.1, 0.15) is 6.42 Å². The fourth-order valence-corrected chi connectivity index (χ4v) is 3.55. The Balaban J connectivity index is 1.49. The van der Waals surface area contributed by atoms with Crippen molar-refractivity contribution in [2.24, 2.45) is 0 Å². The van der Waals surface area contributed by atoms with Gasteiger partial charge in [0.15, 0.2) is 5.16 Å². The molecule has 4 rings (SSSR count). The Morgan fingerprint density at radius 3 is 2.75 bits per heavy atom. The van der Waals surface area contributed by atoms with E-state index in [1.807, 2.05) is 12.1 Å². The van der Waals surface area contributed by atoms with E-state index in [4.69, 9.17) is 4.74 Å². The summed E-state index contributed by atoms with van der Waals surface area (Å²) in [6, 6.07) is 13.1. The number of thioether (sulfide) groups is 1. The molecule has 0 saturated heterocycles. The molecule has 0 aliphatic heterocycles. The van der Waals surface area contributed by atoms with Crippen molar-refractivity contribution in [2.45, 2.75) is 11.6 Å². The predicted octanol–water partition coefficient (Wildman–Crippen LogP) is 3.20. The van der Waals surface area contributed by atoms with Crippen molar-refractivity contribution in [1.29, 1.82) is 0 Å². The number of H-pyrrole nitrogens is 1. The number of nitrogens with one attached hydrogen (secondary N) is 1. The van der Waals surface area contributed by atoms with Crippen LogP contribution in [0.4, 0.5) is 4.39 Å². The third kappa shape index (κ3) is 3.89. The lowest BCUT2D eigenvalue weighted by Crippen LogP contribution is -2.23. The summed E-state index contributed by atoms with van der Waals surface area (Å²) in [4.78, 5) is 21.6. The molecule has 0 amide bonds. The highest BCUT2D eigenvalue weighted by atomic mass is 32.2. The minimum absolute atomic E-state index is 0.201. The fraction of sp³-hybridized carbons (Fsp3) is 0.158. The molecule has 0 unspecified atom stereocenters. The van der Waals surface area contributed by atoms with E-state index < -0.39 is 0 Å². The van der Waals surface area contributed by atoms with E-state index in [-0.39, 0.29) is 11.4 Å². The summed E-state index contributed by atoms with van der Waals surface area (Å²) in [5.41, 5.74) is 0.431. The maximum absolute atomic E-state index is 12.9. The fourth-order valence-electron chi connectivity index (χ4n) is 2.65. The second-order valence-electron chi connectivity index (χ2n) is 5.87. The van der Waals surface area contributed by atoms with Crippen LogP contribution in [0.5, 0.6) is 5.75 Å². The van der Waals surface area contributed by atoms with Crippen LogP contribution in [-0.4, -0.2) is 37.1 Å². The Kier molecular flexibility index (Phi) is 5.34. The molecule has 0 spiro atoms. The average Bonchev–Trinajstić information content (AvgIpc) is 3.23. The molecule has 142 valence electrons. The number of fused-ring (bicyclic) bond motifs is 1. The molecule has 0 bridgehead atoms. The van der Waals surface area contributed by atoms with E-state index in [0.717, 1.165) is 6.42 Å². The number of para-hydroxylation sites is 1. The van der Waals surface area contributed by atoms with Gasteiger partial charge in [0.05, 0.1) is 17.5 Å². The molecule has 0 radical (unpaired) electrons. The molecular weight excluding hydrogens is 381 g/mol. The Hall–Kier alpha value is -3.20. The summed E-state index contributed by atoms with van der Waals surface area (Å²) in [5.74, 6) is 1.33. The summed E-state index contributed by atoms with van der Waals surface area (Å²) < 4.78 is 19.9. The minimum atomic E-state index is -0.296. The molecule has 1 N–H and O–H groups in total. The van der Waals surface area contributed by atoms with Gasteiger partial charge >= 0.3 is 0 Å². The smallest absolute Gasteiger partial charge is 0.269 e. The normalized spacial score (nSPS) is 11.0. The molecule has 0 aliphatic rings. The lowest BCUT2D eigenvalue weighted by atomic mass is 10.2. The Labute approximate surface area is 163 Å². The highest BCUT2D eigenvalue weighted by molar-refractivity contribution is 7.99. The van der Waals surface area contributed by atoms with Crippen LogP contribution < -0.4 is 10.3 Å². The minimum Gasteiger partial charge on any atom is -0.494 e. The third-order valence-electron chi connectivity index (χ3n) is 3.96. The zero-order valence-electron chi connectivity index (χ0n) is 14.7. The average molecular weight is 397 g/mol. The Morgan fingerprint density at radius 1 is 1.14 bits per heavy atom. The first-order valence-corrected chi connectivity index (χ1v) is 9.59. The van der Waals surface area contributed by atoms with Gasteiger partial charge in [0.25, 0.3) is 5.56 Å². The Morgan fingerprint density at radius 2 is 1.96 bits per heavy atom. The molecule has 0 aliphatic carbocycles. The highest BCUT2D eigenvalue weighted by Crippen LogP contribution is 2.20. The van der Waals surface area contributed by atoms with Gasteiger partial charge in [-0.25, -0.2) is 19.0 Å². The van der Waals surface area contributed by atoms with Crippen LogP contribution in [0.2, 0.25) is 0 Å². The van der Waals surface area contributed by atoms with Gasteiger partial charge in [-0.05, 0) is 42.8 Å². The standard InChI is InChI=1S/C19H16FN5O2S/c20-13-6-8-14(9-7-13)27-10-3-11-28-19-23-16-5-2-1-4-15(16)17(26)25(19)18-21-12-22-24-18/h1-2,4-9,12H,3,10-11H2,(H,21,22,24). The van der Waals surface area contributed by atoms with E-state index in [1.165, 1.54) is 34.8 Å². The van der Waals surface area contributed by atoms with E-state index in [0.29, 0.717) is 40.1 Å². The molecule has 4 aromatic rings. The van der Waals surface area contributed by atoms with E-state index in [2.05, 4.69) is 20.2 Å². The van der Waals surface area contributed by atoms with E-state index in [9.17, 15) is 9.18 Å². The second-order valence-corrected chi connectivity index (χ2v) is 6.93. The number of benzene rings is 2. The first-order chi connectivity index (χ1) is 13.7. The van der Waals surface area contributed by atoms with Crippen LogP contribution in [0.25, 0.3) is 16.9 Å². The van der Waals surface area contributed by atoms with Gasteiger partial charge in [0.2, 0.25) is 5.95 Å². The molecule has 7 nitrogen and oxygen atoms in total. The second kappa shape index (κ2) is 8.22. The number of rotatable bonds is 7. The van der Waals surface area contributed by atoms with Crippen molar-refractivity contribution in [2.75, 3.05) is 12.4 Å². The molecule has 0 atom stereocenters. The van der Waals surface area contributed by atoms with Gasteiger partial charge in [0, 0.05) is 5.75 Å². The number of aromatic amines is 1. The Bertz CT molecular complexity index is 1130. The molecule has 0 fully saturated rings. The molecular formula is C19H16FN5O2S. The van der Waals surface area contributed by atoms with Crippen LogP contribution in [-0.2, 0) is 0 Å². The molecule has 0 saturated carbocycles. The number of aromatic nitrogens is 5. The van der Waals surface area contributed by atoms with Crippen LogP contribution in [0, 0.1) is 5.82 Å². The van der Waals surface area contributed by atoms with Gasteiger partial charge in [-0.3, -0.25) is 4.79 Å².